The second-order valence-corrected chi connectivity index (χ2v) is 7.91. The number of fused-ring (bicyclic) bond motifs is 9. The number of hydrogen-bond acceptors (Lipinski definition) is 1. The molecule has 4 bridgehead atoms. The number of ketones is 1. The first-order chi connectivity index (χ1) is 9.08. The summed E-state index contributed by atoms with van der Waals surface area (Å²) in [5, 5.41) is 0. The van der Waals surface area contributed by atoms with Gasteiger partial charge in [-0.3, -0.25) is 4.79 Å². The summed E-state index contributed by atoms with van der Waals surface area (Å²) < 4.78 is 0. The van der Waals surface area contributed by atoms with Crippen LogP contribution in [0.5, 0.6) is 0 Å². The van der Waals surface area contributed by atoms with Crippen LogP contribution in [-0.2, 0) is 4.79 Å². The fourth-order valence-corrected chi connectivity index (χ4v) is 7.00. The van der Waals surface area contributed by atoms with Crippen molar-refractivity contribution >= 4 is 5.78 Å². The second-order valence-electron chi connectivity index (χ2n) is 7.91. The molecule has 4 rings (SSSR count). The zero-order valence-electron chi connectivity index (χ0n) is 12.3. The zero-order chi connectivity index (χ0) is 13.4. The van der Waals surface area contributed by atoms with E-state index >= 15 is 0 Å². The minimum Gasteiger partial charge on any atom is -0.294 e. The Morgan fingerprint density at radius 2 is 1.84 bits per heavy atom. The van der Waals surface area contributed by atoms with Gasteiger partial charge in [-0.25, -0.2) is 0 Å². The van der Waals surface area contributed by atoms with Crippen molar-refractivity contribution in [3.63, 3.8) is 0 Å². The van der Waals surface area contributed by atoms with E-state index in [-0.39, 0.29) is 5.41 Å². The van der Waals surface area contributed by atoms with E-state index in [0.717, 1.165) is 41.6 Å². The lowest BCUT2D eigenvalue weighted by Gasteiger charge is -2.45. The van der Waals surface area contributed by atoms with Crippen molar-refractivity contribution in [2.45, 2.75) is 52.4 Å². The standard InChI is InChI=1S/C18H26O/c1-4-18(17(19)10(2)3)9-13-8-14(18)16-12-6-5-11(7-12)15(13)16/h11-16H,2,4-9H2,1,3H3. The highest BCUT2D eigenvalue weighted by molar-refractivity contribution is 5.99. The van der Waals surface area contributed by atoms with Crippen molar-refractivity contribution in [1.29, 1.82) is 0 Å². The summed E-state index contributed by atoms with van der Waals surface area (Å²) in [6.07, 6.45) is 8.02. The molecule has 0 aromatic heterocycles. The molecule has 0 aromatic carbocycles. The molecule has 0 aliphatic heterocycles. The molecule has 4 fully saturated rings. The van der Waals surface area contributed by atoms with Crippen LogP contribution >= 0.6 is 0 Å². The van der Waals surface area contributed by atoms with Crippen LogP contribution in [-0.4, -0.2) is 5.78 Å². The van der Waals surface area contributed by atoms with Crippen molar-refractivity contribution in [3.05, 3.63) is 12.2 Å². The predicted octanol–water partition coefficient (Wildman–Crippen LogP) is 4.23. The SMILES string of the molecule is C=C(C)C(=O)C1(CC)CC2CC1C1C3CCC(C3)C21. The molecule has 19 heavy (non-hydrogen) atoms. The predicted molar refractivity (Wildman–Crippen MR) is 76.6 cm³/mol. The summed E-state index contributed by atoms with van der Waals surface area (Å²) in [5.41, 5.74) is 0.788. The number of Topliss-reactive ketones (excluding diaryl/α,β-unsaturated/α-hetero) is 1. The van der Waals surface area contributed by atoms with Gasteiger partial charge in [-0.15, -0.1) is 0 Å². The van der Waals surface area contributed by atoms with E-state index in [4.69, 9.17) is 0 Å². The lowest BCUT2D eigenvalue weighted by atomic mass is 9.58. The minimum absolute atomic E-state index is 0.0118. The topological polar surface area (TPSA) is 17.1 Å². The van der Waals surface area contributed by atoms with Crippen molar-refractivity contribution < 1.29 is 4.79 Å². The van der Waals surface area contributed by atoms with E-state index in [1.807, 2.05) is 6.92 Å². The summed E-state index contributed by atoms with van der Waals surface area (Å²) in [5.74, 6) is 5.88. The van der Waals surface area contributed by atoms with Crippen LogP contribution in [0.2, 0.25) is 0 Å². The fourth-order valence-electron chi connectivity index (χ4n) is 7.00. The molecule has 104 valence electrons. The third-order valence-electron chi connectivity index (χ3n) is 7.42. The molecule has 7 atom stereocenters. The van der Waals surface area contributed by atoms with E-state index in [2.05, 4.69) is 13.5 Å². The largest absolute Gasteiger partial charge is 0.294 e. The van der Waals surface area contributed by atoms with E-state index in [1.165, 1.54) is 32.1 Å². The molecule has 0 heterocycles. The molecule has 0 saturated heterocycles. The van der Waals surface area contributed by atoms with Gasteiger partial charge < -0.3 is 0 Å². The summed E-state index contributed by atoms with van der Waals surface area (Å²) in [6, 6.07) is 0. The van der Waals surface area contributed by atoms with Crippen LogP contribution in [0.15, 0.2) is 12.2 Å². The Labute approximate surface area is 116 Å². The minimum atomic E-state index is -0.0118. The molecule has 4 saturated carbocycles. The van der Waals surface area contributed by atoms with Crippen molar-refractivity contribution in [3.8, 4) is 0 Å². The monoisotopic (exact) mass is 258 g/mol. The first-order valence-corrected chi connectivity index (χ1v) is 8.28. The summed E-state index contributed by atoms with van der Waals surface area (Å²) in [7, 11) is 0. The second kappa shape index (κ2) is 3.74. The highest BCUT2D eigenvalue weighted by Gasteiger charge is 2.67. The summed E-state index contributed by atoms with van der Waals surface area (Å²) in [6.45, 7) is 8.12. The van der Waals surface area contributed by atoms with Crippen molar-refractivity contribution in [2.24, 2.45) is 40.9 Å². The first kappa shape index (κ1) is 12.2. The molecule has 0 spiro atoms. The molecular formula is C18H26O. The maximum atomic E-state index is 12.8. The molecule has 0 aromatic rings. The van der Waals surface area contributed by atoms with Crippen molar-refractivity contribution in [2.75, 3.05) is 0 Å². The van der Waals surface area contributed by atoms with E-state index in [0.29, 0.717) is 11.7 Å². The molecule has 0 radical (unpaired) electrons. The van der Waals surface area contributed by atoms with Gasteiger partial charge in [0, 0.05) is 5.41 Å². The van der Waals surface area contributed by atoms with Crippen LogP contribution in [0.1, 0.15) is 52.4 Å². The van der Waals surface area contributed by atoms with Crippen LogP contribution < -0.4 is 0 Å². The molecular weight excluding hydrogens is 232 g/mol. The number of rotatable bonds is 3. The Morgan fingerprint density at radius 3 is 2.47 bits per heavy atom. The Hall–Kier alpha value is -0.590. The lowest BCUT2D eigenvalue weighted by molar-refractivity contribution is -0.131. The molecule has 1 heteroatoms. The fraction of sp³-hybridized carbons (Fsp3) is 0.833. The van der Waals surface area contributed by atoms with Gasteiger partial charge in [0.15, 0.2) is 5.78 Å². The van der Waals surface area contributed by atoms with E-state index in [1.54, 1.807) is 0 Å². The third kappa shape index (κ3) is 1.30. The Morgan fingerprint density at radius 1 is 1.16 bits per heavy atom. The van der Waals surface area contributed by atoms with Gasteiger partial charge in [0.1, 0.15) is 0 Å². The molecule has 0 N–H and O–H groups in total. The van der Waals surface area contributed by atoms with Gasteiger partial charge in [-0.05, 0) is 86.5 Å². The highest BCUT2D eigenvalue weighted by Crippen LogP contribution is 2.72. The molecule has 1 nitrogen and oxygen atoms in total. The average molecular weight is 258 g/mol. The number of hydrogen-bond donors (Lipinski definition) is 0. The van der Waals surface area contributed by atoms with Gasteiger partial charge >= 0.3 is 0 Å². The van der Waals surface area contributed by atoms with E-state index in [9.17, 15) is 4.79 Å². The van der Waals surface area contributed by atoms with Crippen LogP contribution in [0, 0.1) is 40.9 Å². The molecule has 4 aliphatic rings. The summed E-state index contributed by atoms with van der Waals surface area (Å²) in [4.78, 5) is 12.8. The molecule has 7 unspecified atom stereocenters. The summed E-state index contributed by atoms with van der Waals surface area (Å²) >= 11 is 0. The quantitative estimate of drug-likeness (QED) is 0.547. The number of carbonyl (C=O) groups excluding carboxylic acids is 1. The van der Waals surface area contributed by atoms with Gasteiger partial charge in [0.2, 0.25) is 0 Å². The van der Waals surface area contributed by atoms with Crippen molar-refractivity contribution in [1.82, 2.24) is 0 Å². The zero-order valence-corrected chi connectivity index (χ0v) is 12.3. The number of carbonyl (C=O) groups is 1. The Bertz CT molecular complexity index is 451. The Kier molecular flexibility index (Phi) is 2.40. The smallest absolute Gasteiger partial charge is 0.164 e. The van der Waals surface area contributed by atoms with E-state index < -0.39 is 0 Å². The molecule has 4 aliphatic carbocycles. The highest BCUT2D eigenvalue weighted by atomic mass is 16.1. The van der Waals surface area contributed by atoms with Crippen LogP contribution in [0.3, 0.4) is 0 Å². The maximum absolute atomic E-state index is 12.8. The molecule has 0 amide bonds. The third-order valence-corrected chi connectivity index (χ3v) is 7.42. The van der Waals surface area contributed by atoms with Crippen LogP contribution in [0.25, 0.3) is 0 Å². The maximum Gasteiger partial charge on any atom is 0.164 e. The van der Waals surface area contributed by atoms with Gasteiger partial charge in [-0.2, -0.15) is 0 Å². The Balaban J connectivity index is 1.71. The van der Waals surface area contributed by atoms with Gasteiger partial charge in [-0.1, -0.05) is 13.5 Å². The first-order valence-electron chi connectivity index (χ1n) is 8.28. The lowest BCUT2D eigenvalue weighted by Crippen LogP contribution is -2.44. The number of allylic oxidation sites excluding steroid dienone is 1. The van der Waals surface area contributed by atoms with Gasteiger partial charge in [0.25, 0.3) is 0 Å². The van der Waals surface area contributed by atoms with Crippen LogP contribution in [0.4, 0.5) is 0 Å². The average Bonchev–Trinajstić information content (AvgIpc) is 3.14. The van der Waals surface area contributed by atoms with Gasteiger partial charge in [0.05, 0.1) is 0 Å². The normalized spacial score (nSPS) is 53.6.